The first-order valence-corrected chi connectivity index (χ1v) is 8.46. The normalized spacial score (nSPS) is 20.5. The Bertz CT molecular complexity index is 677. The summed E-state index contributed by atoms with van der Waals surface area (Å²) in [5.41, 5.74) is 0.924. The molecule has 0 aliphatic carbocycles. The molecule has 3 N–H and O–H groups in total. The molecular weight excluding hydrogens is 338 g/mol. The number of ether oxygens (including phenoxy) is 1. The molecule has 26 heavy (non-hydrogen) atoms. The van der Waals surface area contributed by atoms with Gasteiger partial charge in [-0.25, -0.2) is 4.79 Å². The number of hydrogen-bond donors (Lipinski definition) is 3. The average Bonchev–Trinajstić information content (AvgIpc) is 2.64. The van der Waals surface area contributed by atoms with Gasteiger partial charge in [-0.1, -0.05) is 37.3 Å². The van der Waals surface area contributed by atoms with E-state index in [0.717, 1.165) is 5.56 Å². The second kappa shape index (κ2) is 8.98. The molecule has 1 aliphatic rings. The monoisotopic (exact) mass is 361 g/mol. The third-order valence-electron chi connectivity index (χ3n) is 4.17. The predicted molar refractivity (Wildman–Crippen MR) is 92.9 cm³/mol. The number of hydrogen-bond acceptors (Lipinski definition) is 5. The van der Waals surface area contributed by atoms with Crippen LogP contribution < -0.4 is 16.0 Å². The number of rotatable bonds is 7. The average molecular weight is 361 g/mol. The lowest BCUT2D eigenvalue weighted by Gasteiger charge is -2.29. The lowest BCUT2D eigenvalue weighted by atomic mass is 10.0. The van der Waals surface area contributed by atoms with Gasteiger partial charge in [0.15, 0.2) is 0 Å². The summed E-state index contributed by atoms with van der Waals surface area (Å²) in [5.74, 6) is -1.83. The number of piperazine rings is 1. The van der Waals surface area contributed by atoms with Crippen LogP contribution in [0.5, 0.6) is 0 Å². The molecule has 0 unspecified atom stereocenters. The molecule has 0 saturated carbocycles. The molecule has 1 aliphatic heterocycles. The highest BCUT2D eigenvalue weighted by Crippen LogP contribution is 2.08. The summed E-state index contributed by atoms with van der Waals surface area (Å²) >= 11 is 0. The van der Waals surface area contributed by atoms with Crippen molar-refractivity contribution in [3.63, 3.8) is 0 Å². The van der Waals surface area contributed by atoms with Gasteiger partial charge in [-0.3, -0.25) is 14.4 Å². The Labute approximate surface area is 151 Å². The van der Waals surface area contributed by atoms with E-state index in [-0.39, 0.29) is 12.3 Å². The largest absolute Gasteiger partial charge is 0.467 e. The van der Waals surface area contributed by atoms with Gasteiger partial charge in [-0.15, -0.1) is 0 Å². The zero-order valence-electron chi connectivity index (χ0n) is 14.8. The van der Waals surface area contributed by atoms with Crippen molar-refractivity contribution in [3.05, 3.63) is 35.9 Å². The van der Waals surface area contributed by atoms with Crippen molar-refractivity contribution in [2.24, 2.45) is 0 Å². The van der Waals surface area contributed by atoms with Gasteiger partial charge in [0.1, 0.15) is 18.1 Å². The van der Waals surface area contributed by atoms with Gasteiger partial charge in [0, 0.05) is 6.42 Å². The van der Waals surface area contributed by atoms with E-state index in [1.54, 1.807) is 6.92 Å². The summed E-state index contributed by atoms with van der Waals surface area (Å²) < 4.78 is 4.60. The van der Waals surface area contributed by atoms with Crippen LogP contribution in [-0.4, -0.2) is 48.9 Å². The van der Waals surface area contributed by atoms with Crippen molar-refractivity contribution in [2.75, 3.05) is 7.11 Å². The van der Waals surface area contributed by atoms with E-state index in [2.05, 4.69) is 20.7 Å². The van der Waals surface area contributed by atoms with E-state index in [1.807, 2.05) is 30.3 Å². The van der Waals surface area contributed by atoms with Gasteiger partial charge in [-0.05, 0) is 12.0 Å². The van der Waals surface area contributed by atoms with Crippen LogP contribution in [-0.2, 0) is 30.3 Å². The van der Waals surface area contributed by atoms with Crippen LogP contribution in [0.1, 0.15) is 25.3 Å². The lowest BCUT2D eigenvalue weighted by molar-refractivity contribution is -0.145. The third-order valence-corrected chi connectivity index (χ3v) is 4.17. The highest BCUT2D eigenvalue weighted by molar-refractivity contribution is 5.99. The van der Waals surface area contributed by atoms with Gasteiger partial charge in [0.25, 0.3) is 0 Å². The molecule has 3 amide bonds. The van der Waals surface area contributed by atoms with Crippen LogP contribution in [0, 0.1) is 0 Å². The summed E-state index contributed by atoms with van der Waals surface area (Å²) in [4.78, 5) is 48.1. The Kier molecular flexibility index (Phi) is 6.71. The van der Waals surface area contributed by atoms with E-state index in [9.17, 15) is 19.2 Å². The number of benzene rings is 1. The minimum Gasteiger partial charge on any atom is -0.467 e. The van der Waals surface area contributed by atoms with Crippen molar-refractivity contribution in [1.82, 2.24) is 16.0 Å². The minimum absolute atomic E-state index is 0.247. The number of carbonyl (C=O) groups excluding carboxylic acids is 4. The van der Waals surface area contributed by atoms with Crippen LogP contribution in [0.25, 0.3) is 0 Å². The van der Waals surface area contributed by atoms with E-state index in [4.69, 9.17) is 0 Å². The molecule has 0 bridgehead atoms. The van der Waals surface area contributed by atoms with Crippen LogP contribution in [0.15, 0.2) is 30.3 Å². The summed E-state index contributed by atoms with van der Waals surface area (Å²) in [5, 5.41) is 7.73. The number of amides is 3. The molecule has 1 aromatic rings. The molecule has 8 heteroatoms. The first-order chi connectivity index (χ1) is 12.4. The molecule has 0 spiro atoms. The molecule has 0 aromatic heterocycles. The second-order valence-electron chi connectivity index (χ2n) is 6.07. The predicted octanol–water partition coefficient (Wildman–Crippen LogP) is -0.330. The summed E-state index contributed by atoms with van der Waals surface area (Å²) in [6.45, 7) is 1.73. The maximum atomic E-state index is 12.2. The number of esters is 1. The molecule has 1 aromatic carbocycles. The van der Waals surface area contributed by atoms with Crippen LogP contribution in [0.4, 0.5) is 0 Å². The fraction of sp³-hybridized carbons (Fsp3) is 0.444. The summed E-state index contributed by atoms with van der Waals surface area (Å²) in [7, 11) is 1.23. The van der Waals surface area contributed by atoms with Gasteiger partial charge in [0.2, 0.25) is 17.7 Å². The topological polar surface area (TPSA) is 114 Å². The summed E-state index contributed by atoms with van der Waals surface area (Å²) in [6.07, 6.45) is 0.488. The van der Waals surface area contributed by atoms with E-state index in [1.165, 1.54) is 7.11 Å². The molecule has 1 heterocycles. The van der Waals surface area contributed by atoms with Crippen molar-refractivity contribution in [2.45, 2.75) is 44.3 Å². The zero-order valence-corrected chi connectivity index (χ0v) is 14.8. The highest BCUT2D eigenvalue weighted by atomic mass is 16.5. The van der Waals surface area contributed by atoms with Gasteiger partial charge in [-0.2, -0.15) is 0 Å². The highest BCUT2D eigenvalue weighted by Gasteiger charge is 2.35. The van der Waals surface area contributed by atoms with Crippen molar-refractivity contribution in [1.29, 1.82) is 0 Å². The standard InChI is InChI=1S/C18H23N3O5/c1-3-12(18(25)26-2)19-15(22)10-14-17(24)20-13(16(23)21-14)9-11-7-5-4-6-8-11/h4-8,12-14H,3,9-10H2,1-2H3,(H,19,22)(H,20,24)(H,21,23)/t12-,13-,14-/m0/s1. The fourth-order valence-electron chi connectivity index (χ4n) is 2.72. The number of nitrogens with one attached hydrogen (secondary N) is 3. The Balaban J connectivity index is 1.90. The van der Waals surface area contributed by atoms with E-state index < -0.39 is 35.9 Å². The first-order valence-electron chi connectivity index (χ1n) is 8.46. The molecular formula is C18H23N3O5. The molecule has 1 fully saturated rings. The maximum Gasteiger partial charge on any atom is 0.328 e. The van der Waals surface area contributed by atoms with Crippen LogP contribution in [0.2, 0.25) is 0 Å². The van der Waals surface area contributed by atoms with E-state index >= 15 is 0 Å². The minimum atomic E-state index is -0.968. The van der Waals surface area contributed by atoms with Gasteiger partial charge < -0.3 is 20.7 Å². The lowest BCUT2D eigenvalue weighted by Crippen LogP contribution is -2.63. The second-order valence-corrected chi connectivity index (χ2v) is 6.07. The molecule has 2 rings (SSSR count). The SMILES string of the molecule is CC[C@H](NC(=O)C[C@@H]1NC(=O)[C@H](Cc2ccccc2)NC1=O)C(=O)OC. The van der Waals surface area contributed by atoms with E-state index in [0.29, 0.717) is 12.8 Å². The molecule has 8 nitrogen and oxygen atoms in total. The van der Waals surface area contributed by atoms with Crippen molar-refractivity contribution in [3.8, 4) is 0 Å². The fourth-order valence-corrected chi connectivity index (χ4v) is 2.72. The maximum absolute atomic E-state index is 12.2. The molecule has 140 valence electrons. The smallest absolute Gasteiger partial charge is 0.328 e. The number of carbonyl (C=O) groups is 4. The molecule has 3 atom stereocenters. The Hall–Kier alpha value is -2.90. The van der Waals surface area contributed by atoms with Crippen molar-refractivity contribution >= 4 is 23.7 Å². The Morgan fingerprint density at radius 2 is 1.73 bits per heavy atom. The quantitative estimate of drug-likeness (QED) is 0.576. The van der Waals surface area contributed by atoms with Crippen LogP contribution >= 0.6 is 0 Å². The molecule has 1 saturated heterocycles. The number of methoxy groups -OCH3 is 1. The van der Waals surface area contributed by atoms with Gasteiger partial charge >= 0.3 is 5.97 Å². The Morgan fingerprint density at radius 3 is 2.35 bits per heavy atom. The summed E-state index contributed by atoms with van der Waals surface area (Å²) in [6, 6.07) is 6.91. The Morgan fingerprint density at radius 1 is 1.12 bits per heavy atom. The third kappa shape index (κ3) is 5.05. The van der Waals surface area contributed by atoms with Crippen molar-refractivity contribution < 1.29 is 23.9 Å². The first kappa shape index (κ1) is 19.4. The zero-order chi connectivity index (χ0) is 19.1. The van der Waals surface area contributed by atoms with Gasteiger partial charge in [0.05, 0.1) is 13.5 Å². The van der Waals surface area contributed by atoms with Crippen LogP contribution in [0.3, 0.4) is 0 Å². The molecule has 0 radical (unpaired) electrons.